The maximum atomic E-state index is 10.1. The number of azo groups is 1. The number of carboxylic acids is 1. The van der Waals surface area contributed by atoms with Crippen molar-refractivity contribution >= 4 is 5.97 Å². The van der Waals surface area contributed by atoms with Crippen LogP contribution in [0.4, 0.5) is 0 Å². The molecular formula is C4H6N2O2. The van der Waals surface area contributed by atoms with Crippen molar-refractivity contribution in [2.75, 3.05) is 13.1 Å². The standard InChI is InChI=1S/C4H6N2O2/c7-4(8)3-1-5-6-2-3/h3H,1-2H2,(H,7,8). The highest BCUT2D eigenvalue weighted by Crippen LogP contribution is 2.05. The molecule has 1 rings (SSSR count). The Labute approximate surface area is 46.2 Å². The fourth-order valence-corrected chi connectivity index (χ4v) is 0.527. The van der Waals surface area contributed by atoms with E-state index in [1.54, 1.807) is 0 Å². The van der Waals surface area contributed by atoms with Crippen LogP contribution in [0.5, 0.6) is 0 Å². The first-order valence-electron chi connectivity index (χ1n) is 2.37. The lowest BCUT2D eigenvalue weighted by molar-refractivity contribution is -0.140. The zero-order valence-electron chi connectivity index (χ0n) is 4.24. The van der Waals surface area contributed by atoms with Gasteiger partial charge in [-0.2, -0.15) is 10.2 Å². The van der Waals surface area contributed by atoms with Crippen molar-refractivity contribution in [1.82, 2.24) is 0 Å². The van der Waals surface area contributed by atoms with Gasteiger partial charge >= 0.3 is 5.97 Å². The summed E-state index contributed by atoms with van der Waals surface area (Å²) in [4.78, 5) is 10.1. The van der Waals surface area contributed by atoms with Crippen LogP contribution in [0.1, 0.15) is 0 Å². The summed E-state index contributed by atoms with van der Waals surface area (Å²) >= 11 is 0. The third-order valence-electron chi connectivity index (χ3n) is 1.05. The first-order valence-corrected chi connectivity index (χ1v) is 2.37. The fourth-order valence-electron chi connectivity index (χ4n) is 0.527. The molecular weight excluding hydrogens is 108 g/mol. The lowest BCUT2D eigenvalue weighted by Crippen LogP contribution is -2.15. The molecule has 1 aliphatic rings. The Bertz CT molecular complexity index is 124. The van der Waals surface area contributed by atoms with Gasteiger partial charge in [0.25, 0.3) is 0 Å². The van der Waals surface area contributed by atoms with Gasteiger partial charge in [0.15, 0.2) is 0 Å². The Kier molecular flexibility index (Phi) is 1.24. The van der Waals surface area contributed by atoms with Crippen molar-refractivity contribution in [3.8, 4) is 0 Å². The van der Waals surface area contributed by atoms with E-state index in [-0.39, 0.29) is 5.92 Å². The summed E-state index contributed by atoms with van der Waals surface area (Å²) in [5.74, 6) is -1.15. The molecule has 0 radical (unpaired) electrons. The summed E-state index contributed by atoms with van der Waals surface area (Å²) in [6.45, 7) is 0.713. The molecule has 1 heterocycles. The molecule has 0 aromatic heterocycles. The van der Waals surface area contributed by atoms with E-state index in [1.807, 2.05) is 0 Å². The number of carbonyl (C=O) groups is 1. The Morgan fingerprint density at radius 3 is 2.25 bits per heavy atom. The third-order valence-corrected chi connectivity index (χ3v) is 1.05. The Balaban J connectivity index is 2.41. The minimum atomic E-state index is -0.796. The maximum absolute atomic E-state index is 10.1. The van der Waals surface area contributed by atoms with Crippen LogP contribution >= 0.6 is 0 Å². The number of rotatable bonds is 1. The zero-order valence-corrected chi connectivity index (χ0v) is 4.24. The van der Waals surface area contributed by atoms with E-state index in [1.165, 1.54) is 0 Å². The molecule has 0 amide bonds. The van der Waals surface area contributed by atoms with Gasteiger partial charge in [-0.15, -0.1) is 0 Å². The van der Waals surface area contributed by atoms with E-state index in [9.17, 15) is 4.79 Å². The highest BCUT2D eigenvalue weighted by atomic mass is 16.4. The highest BCUT2D eigenvalue weighted by molar-refractivity contribution is 5.70. The first-order chi connectivity index (χ1) is 3.80. The van der Waals surface area contributed by atoms with Gasteiger partial charge in [-0.25, -0.2) is 0 Å². The van der Waals surface area contributed by atoms with Crippen LogP contribution in [0.2, 0.25) is 0 Å². The lowest BCUT2D eigenvalue weighted by Gasteiger charge is -1.94. The molecule has 0 spiro atoms. The van der Waals surface area contributed by atoms with Crippen molar-refractivity contribution in [2.45, 2.75) is 0 Å². The van der Waals surface area contributed by atoms with Gasteiger partial charge in [-0.05, 0) is 0 Å². The average Bonchev–Trinajstić information content (AvgIpc) is 2.12. The van der Waals surface area contributed by atoms with Gasteiger partial charge in [-0.3, -0.25) is 4.79 Å². The molecule has 0 unspecified atom stereocenters. The van der Waals surface area contributed by atoms with E-state index >= 15 is 0 Å². The van der Waals surface area contributed by atoms with Gasteiger partial charge in [0, 0.05) is 0 Å². The molecule has 4 nitrogen and oxygen atoms in total. The molecule has 0 bridgehead atoms. The molecule has 0 aromatic carbocycles. The summed E-state index contributed by atoms with van der Waals surface area (Å²) in [7, 11) is 0. The van der Waals surface area contributed by atoms with Gasteiger partial charge in [0.05, 0.1) is 19.0 Å². The smallest absolute Gasteiger partial charge is 0.310 e. The molecule has 0 saturated carbocycles. The van der Waals surface area contributed by atoms with Crippen molar-refractivity contribution in [3.63, 3.8) is 0 Å². The number of carboxylic acid groups (broad SMARTS) is 1. The van der Waals surface area contributed by atoms with Crippen LogP contribution in [-0.2, 0) is 4.79 Å². The summed E-state index contributed by atoms with van der Waals surface area (Å²) in [5.41, 5.74) is 0. The molecule has 4 heteroatoms. The molecule has 1 N–H and O–H groups in total. The quantitative estimate of drug-likeness (QED) is 0.527. The topological polar surface area (TPSA) is 62.0 Å². The van der Waals surface area contributed by atoms with E-state index in [0.717, 1.165) is 0 Å². The van der Waals surface area contributed by atoms with Crippen LogP contribution < -0.4 is 0 Å². The number of hydrogen-bond donors (Lipinski definition) is 1. The van der Waals surface area contributed by atoms with Crippen LogP contribution in [0.15, 0.2) is 10.2 Å². The van der Waals surface area contributed by atoms with Crippen molar-refractivity contribution in [1.29, 1.82) is 0 Å². The molecule has 0 atom stereocenters. The molecule has 8 heavy (non-hydrogen) atoms. The second-order valence-corrected chi connectivity index (χ2v) is 1.68. The second-order valence-electron chi connectivity index (χ2n) is 1.68. The Hall–Kier alpha value is -0.930. The van der Waals surface area contributed by atoms with Gasteiger partial charge in [0.1, 0.15) is 0 Å². The highest BCUT2D eigenvalue weighted by Gasteiger charge is 2.19. The summed E-state index contributed by atoms with van der Waals surface area (Å²) in [6.07, 6.45) is 0. The van der Waals surface area contributed by atoms with Crippen LogP contribution in [0.25, 0.3) is 0 Å². The fraction of sp³-hybridized carbons (Fsp3) is 0.750. The number of hydrogen-bond acceptors (Lipinski definition) is 3. The Morgan fingerprint density at radius 1 is 1.50 bits per heavy atom. The molecule has 1 aliphatic heterocycles. The molecule has 0 saturated heterocycles. The van der Waals surface area contributed by atoms with E-state index in [0.29, 0.717) is 13.1 Å². The van der Waals surface area contributed by atoms with Crippen molar-refractivity contribution < 1.29 is 9.90 Å². The minimum Gasteiger partial charge on any atom is -0.481 e. The summed E-state index contributed by atoms with van der Waals surface area (Å²) in [5, 5.41) is 15.4. The zero-order chi connectivity index (χ0) is 5.98. The predicted molar refractivity (Wildman–Crippen MR) is 25.7 cm³/mol. The summed E-state index contributed by atoms with van der Waals surface area (Å²) < 4.78 is 0. The largest absolute Gasteiger partial charge is 0.481 e. The molecule has 0 aliphatic carbocycles. The van der Waals surface area contributed by atoms with Gasteiger partial charge in [-0.1, -0.05) is 0 Å². The van der Waals surface area contributed by atoms with Gasteiger partial charge in [0.2, 0.25) is 0 Å². The van der Waals surface area contributed by atoms with Crippen molar-refractivity contribution in [2.24, 2.45) is 16.1 Å². The number of nitrogens with zero attached hydrogens (tertiary/aromatic N) is 2. The summed E-state index contributed by atoms with van der Waals surface area (Å²) in [6, 6.07) is 0. The third kappa shape index (κ3) is 0.828. The van der Waals surface area contributed by atoms with E-state index in [4.69, 9.17) is 5.11 Å². The predicted octanol–water partition coefficient (Wildman–Crippen LogP) is 0.153. The normalized spacial score (nSPS) is 19.5. The maximum Gasteiger partial charge on any atom is 0.310 e. The second kappa shape index (κ2) is 1.90. The average molecular weight is 114 g/mol. The van der Waals surface area contributed by atoms with Crippen LogP contribution in [0.3, 0.4) is 0 Å². The van der Waals surface area contributed by atoms with Gasteiger partial charge < -0.3 is 5.11 Å². The molecule has 44 valence electrons. The Morgan fingerprint density at radius 2 is 2.00 bits per heavy atom. The van der Waals surface area contributed by atoms with Crippen LogP contribution in [-0.4, -0.2) is 24.2 Å². The minimum absolute atomic E-state index is 0.352. The van der Waals surface area contributed by atoms with Crippen molar-refractivity contribution in [3.05, 3.63) is 0 Å². The van der Waals surface area contributed by atoms with Crippen LogP contribution in [0, 0.1) is 5.92 Å². The van der Waals surface area contributed by atoms with E-state index in [2.05, 4.69) is 10.2 Å². The molecule has 0 aromatic rings. The first kappa shape index (κ1) is 5.21. The molecule has 0 fully saturated rings. The van der Waals surface area contributed by atoms with E-state index < -0.39 is 5.97 Å². The number of aliphatic carboxylic acids is 1. The SMILES string of the molecule is O=C(O)C1CN=NC1. The monoisotopic (exact) mass is 114 g/mol. The lowest BCUT2D eigenvalue weighted by atomic mass is 10.2.